The van der Waals surface area contributed by atoms with Gasteiger partial charge in [0.25, 0.3) is 5.91 Å². The van der Waals surface area contributed by atoms with Crippen LogP contribution in [0.15, 0.2) is 73.3 Å². The van der Waals surface area contributed by atoms with E-state index < -0.39 is 0 Å². The van der Waals surface area contributed by atoms with Gasteiger partial charge in [0.15, 0.2) is 0 Å². The van der Waals surface area contributed by atoms with Gasteiger partial charge in [0.1, 0.15) is 0 Å². The zero-order chi connectivity index (χ0) is 16.5. The molecule has 0 heterocycles. The molecule has 0 aliphatic heterocycles. The van der Waals surface area contributed by atoms with Crippen molar-refractivity contribution < 1.29 is 4.79 Å². The number of carbonyl (C=O) groups is 1. The maximum atomic E-state index is 12.1. The van der Waals surface area contributed by atoms with Crippen LogP contribution in [0.2, 0.25) is 0 Å². The Hall–Kier alpha value is -2.83. The van der Waals surface area contributed by atoms with Crippen LogP contribution in [0.1, 0.15) is 22.8 Å². The van der Waals surface area contributed by atoms with E-state index in [-0.39, 0.29) is 17.9 Å². The van der Waals surface area contributed by atoms with Gasteiger partial charge >= 0.3 is 0 Å². The summed E-state index contributed by atoms with van der Waals surface area (Å²) >= 11 is 0. The standard InChI is InChI=1S/C20H20N2O/c1-3-16(2)19(15-14-17-10-6-4-7-11-17)21-22-20(23)18-12-8-5-9-13-18/h3-13,16,19,21H,1H2,2H3,(H,22,23). The minimum Gasteiger partial charge on any atom is -0.286 e. The van der Waals surface area contributed by atoms with Crippen LogP contribution >= 0.6 is 0 Å². The molecule has 23 heavy (non-hydrogen) atoms. The molecule has 2 aromatic rings. The number of benzene rings is 2. The molecule has 0 radical (unpaired) electrons. The molecule has 3 nitrogen and oxygen atoms in total. The number of hydrogen-bond acceptors (Lipinski definition) is 2. The predicted molar refractivity (Wildman–Crippen MR) is 93.5 cm³/mol. The second-order valence-corrected chi connectivity index (χ2v) is 5.17. The summed E-state index contributed by atoms with van der Waals surface area (Å²) < 4.78 is 0. The van der Waals surface area contributed by atoms with Crippen molar-refractivity contribution in [2.75, 3.05) is 0 Å². The number of amides is 1. The summed E-state index contributed by atoms with van der Waals surface area (Å²) in [4.78, 5) is 12.1. The summed E-state index contributed by atoms with van der Waals surface area (Å²) in [7, 11) is 0. The molecule has 0 bridgehead atoms. The van der Waals surface area contributed by atoms with Crippen LogP contribution in [-0.2, 0) is 0 Å². The van der Waals surface area contributed by atoms with Gasteiger partial charge in [-0.1, -0.05) is 61.2 Å². The highest BCUT2D eigenvalue weighted by atomic mass is 16.2. The molecular formula is C20H20N2O. The molecule has 0 fully saturated rings. The van der Waals surface area contributed by atoms with Crippen molar-refractivity contribution in [2.24, 2.45) is 5.92 Å². The molecule has 1 amide bonds. The summed E-state index contributed by atoms with van der Waals surface area (Å²) in [6.07, 6.45) is 1.81. The predicted octanol–water partition coefficient (Wildman–Crippen LogP) is 3.16. The van der Waals surface area contributed by atoms with Crippen LogP contribution < -0.4 is 10.9 Å². The molecule has 2 atom stereocenters. The van der Waals surface area contributed by atoms with Gasteiger partial charge < -0.3 is 0 Å². The topological polar surface area (TPSA) is 41.1 Å². The van der Waals surface area contributed by atoms with E-state index in [0.29, 0.717) is 5.56 Å². The Bertz CT molecular complexity index is 699. The third-order valence-corrected chi connectivity index (χ3v) is 3.42. The van der Waals surface area contributed by atoms with Crippen molar-refractivity contribution in [1.29, 1.82) is 0 Å². The van der Waals surface area contributed by atoms with E-state index in [1.807, 2.05) is 61.5 Å². The van der Waals surface area contributed by atoms with Crippen molar-refractivity contribution in [3.63, 3.8) is 0 Å². The van der Waals surface area contributed by atoms with Crippen molar-refractivity contribution in [3.05, 3.63) is 84.4 Å². The Morgan fingerprint density at radius 1 is 1.09 bits per heavy atom. The largest absolute Gasteiger partial charge is 0.286 e. The lowest BCUT2D eigenvalue weighted by molar-refractivity contribution is 0.0927. The fourth-order valence-corrected chi connectivity index (χ4v) is 1.92. The number of nitrogens with one attached hydrogen (secondary N) is 2. The first-order valence-corrected chi connectivity index (χ1v) is 7.51. The molecule has 2 N–H and O–H groups in total. The molecule has 3 heteroatoms. The van der Waals surface area contributed by atoms with E-state index in [2.05, 4.69) is 29.3 Å². The van der Waals surface area contributed by atoms with Gasteiger partial charge in [-0.05, 0) is 24.3 Å². The molecule has 0 aromatic heterocycles. The van der Waals surface area contributed by atoms with Crippen LogP contribution in [0.25, 0.3) is 0 Å². The van der Waals surface area contributed by atoms with Gasteiger partial charge in [-0.2, -0.15) is 0 Å². The third kappa shape index (κ3) is 5.14. The Labute approximate surface area is 137 Å². The van der Waals surface area contributed by atoms with Crippen LogP contribution in [0.5, 0.6) is 0 Å². The van der Waals surface area contributed by atoms with E-state index in [4.69, 9.17) is 0 Å². The monoisotopic (exact) mass is 304 g/mol. The fourth-order valence-electron chi connectivity index (χ4n) is 1.92. The molecule has 0 aliphatic rings. The highest BCUT2D eigenvalue weighted by Crippen LogP contribution is 2.04. The average Bonchev–Trinajstić information content (AvgIpc) is 2.62. The van der Waals surface area contributed by atoms with E-state index >= 15 is 0 Å². The summed E-state index contributed by atoms with van der Waals surface area (Å²) in [6.45, 7) is 5.80. The van der Waals surface area contributed by atoms with Crippen molar-refractivity contribution >= 4 is 5.91 Å². The van der Waals surface area contributed by atoms with Crippen LogP contribution in [-0.4, -0.2) is 11.9 Å². The Morgan fingerprint density at radius 2 is 1.70 bits per heavy atom. The van der Waals surface area contributed by atoms with E-state index in [0.717, 1.165) is 5.56 Å². The maximum Gasteiger partial charge on any atom is 0.265 e. The van der Waals surface area contributed by atoms with Crippen molar-refractivity contribution in [2.45, 2.75) is 13.0 Å². The lowest BCUT2D eigenvalue weighted by atomic mass is 10.0. The van der Waals surface area contributed by atoms with Gasteiger partial charge in [0, 0.05) is 17.0 Å². The number of carbonyl (C=O) groups excluding carboxylic acids is 1. The molecule has 0 saturated heterocycles. The minimum absolute atomic E-state index is 0.0854. The third-order valence-electron chi connectivity index (χ3n) is 3.42. The quantitative estimate of drug-likeness (QED) is 0.506. The summed E-state index contributed by atoms with van der Waals surface area (Å²) in [6, 6.07) is 18.6. The molecule has 116 valence electrons. The van der Waals surface area contributed by atoms with E-state index in [1.54, 1.807) is 12.1 Å². The summed E-state index contributed by atoms with van der Waals surface area (Å²) in [5, 5.41) is 0. The number of hydrazine groups is 1. The lowest BCUT2D eigenvalue weighted by Gasteiger charge is -2.18. The normalized spacial score (nSPS) is 12.4. The van der Waals surface area contributed by atoms with Gasteiger partial charge in [-0.25, -0.2) is 5.43 Å². The molecule has 2 aromatic carbocycles. The zero-order valence-corrected chi connectivity index (χ0v) is 13.1. The molecule has 2 unspecified atom stereocenters. The van der Waals surface area contributed by atoms with Crippen LogP contribution in [0.3, 0.4) is 0 Å². The minimum atomic E-state index is -0.222. The zero-order valence-electron chi connectivity index (χ0n) is 13.1. The molecule has 0 aliphatic carbocycles. The van der Waals surface area contributed by atoms with Gasteiger partial charge in [-0.3, -0.25) is 10.2 Å². The first kappa shape index (κ1) is 16.5. The Morgan fingerprint density at radius 3 is 2.30 bits per heavy atom. The molecule has 2 rings (SSSR count). The van der Waals surface area contributed by atoms with Crippen molar-refractivity contribution in [1.82, 2.24) is 10.9 Å². The molecule has 0 saturated carbocycles. The van der Waals surface area contributed by atoms with Crippen molar-refractivity contribution in [3.8, 4) is 11.8 Å². The summed E-state index contributed by atoms with van der Waals surface area (Å²) in [5.41, 5.74) is 7.24. The Balaban J connectivity index is 2.04. The summed E-state index contributed by atoms with van der Waals surface area (Å²) in [5.74, 6) is 6.16. The van der Waals surface area contributed by atoms with Crippen LogP contribution in [0.4, 0.5) is 0 Å². The highest BCUT2D eigenvalue weighted by Gasteiger charge is 2.13. The molecule has 0 spiro atoms. The first-order valence-electron chi connectivity index (χ1n) is 7.51. The van der Waals surface area contributed by atoms with Crippen LogP contribution in [0, 0.1) is 17.8 Å². The SMILES string of the molecule is C=CC(C)C(C#Cc1ccccc1)NNC(=O)c1ccccc1. The maximum absolute atomic E-state index is 12.1. The van der Waals surface area contributed by atoms with Gasteiger partial charge in [-0.15, -0.1) is 6.58 Å². The highest BCUT2D eigenvalue weighted by molar-refractivity contribution is 5.93. The first-order chi connectivity index (χ1) is 11.2. The van der Waals surface area contributed by atoms with E-state index in [1.165, 1.54) is 0 Å². The van der Waals surface area contributed by atoms with Gasteiger partial charge in [0.2, 0.25) is 0 Å². The average molecular weight is 304 g/mol. The van der Waals surface area contributed by atoms with Gasteiger partial charge in [0.05, 0.1) is 6.04 Å². The lowest BCUT2D eigenvalue weighted by Crippen LogP contribution is -2.46. The smallest absolute Gasteiger partial charge is 0.265 e. The second-order valence-electron chi connectivity index (χ2n) is 5.17. The number of hydrogen-bond donors (Lipinski definition) is 2. The Kier molecular flexibility index (Phi) is 6.17. The van der Waals surface area contributed by atoms with E-state index in [9.17, 15) is 4.79 Å². The second kappa shape index (κ2) is 8.57. The molecular weight excluding hydrogens is 284 g/mol. The fraction of sp³-hybridized carbons (Fsp3) is 0.150. The number of rotatable bonds is 5.